The Labute approximate surface area is 194 Å². The van der Waals surface area contributed by atoms with Crippen molar-refractivity contribution in [2.24, 2.45) is 0 Å². The Morgan fingerprint density at radius 2 is 1.88 bits per heavy atom. The summed E-state index contributed by atoms with van der Waals surface area (Å²) in [5, 5.41) is 5.92. The summed E-state index contributed by atoms with van der Waals surface area (Å²) in [5.41, 5.74) is 0.810. The number of hydrogen-bond donors (Lipinski definition) is 2. The predicted molar refractivity (Wildman–Crippen MR) is 116 cm³/mol. The fraction of sp³-hybridized carbons (Fsp3) is 0.381. The van der Waals surface area contributed by atoms with Crippen LogP contribution in [-0.4, -0.2) is 50.0 Å². The Bertz CT molecular complexity index is 910. The normalized spacial score (nSPS) is 11.4. The number of carbonyl (C=O) groups is 1. The van der Waals surface area contributed by atoms with Gasteiger partial charge in [0.2, 0.25) is 5.91 Å². The van der Waals surface area contributed by atoms with Gasteiger partial charge in [-0.2, -0.15) is 0 Å². The van der Waals surface area contributed by atoms with Crippen LogP contribution in [0.3, 0.4) is 0 Å². The number of benzene rings is 2. The molecule has 0 fully saturated rings. The topological polar surface area (TPSA) is 62.8 Å². The highest BCUT2D eigenvalue weighted by molar-refractivity contribution is 6.32. The Kier molecular flexibility index (Phi) is 9.74. The molecule has 2 aromatic carbocycles. The Balaban J connectivity index is 1.86. The van der Waals surface area contributed by atoms with Crippen molar-refractivity contribution in [3.8, 4) is 11.5 Å². The summed E-state index contributed by atoms with van der Waals surface area (Å²) < 4.78 is 46.3. The van der Waals surface area contributed by atoms with E-state index in [0.717, 1.165) is 31.8 Å². The standard InChI is InChI=1S/C21H24Cl2F3N3O3/c1-3-29(4-2)9-10-31-19-8-5-14(11-17(19)23)28-20(30)13-27-18-7-6-15(12-16(18)22)32-21(24,25)26/h5-8,11-12,22,27H,3-4,9-10,13H2,1-2H3/p+1. The summed E-state index contributed by atoms with van der Waals surface area (Å²) >= 11 is 11.3. The molecule has 0 heterocycles. The third kappa shape index (κ3) is 8.64. The first-order valence-corrected chi connectivity index (χ1v) is 10.6. The second-order valence-corrected chi connectivity index (χ2v) is 7.48. The van der Waals surface area contributed by atoms with Gasteiger partial charge in [-0.1, -0.05) is 25.4 Å². The first-order chi connectivity index (χ1) is 15.1. The van der Waals surface area contributed by atoms with E-state index in [1.807, 2.05) is 0 Å². The summed E-state index contributed by atoms with van der Waals surface area (Å²) in [6.07, 6.45) is -4.80. The van der Waals surface area contributed by atoms with E-state index in [2.05, 4.69) is 34.1 Å². The molecule has 176 valence electrons. The summed E-state index contributed by atoms with van der Waals surface area (Å²) in [5.74, 6) is -0.292. The van der Waals surface area contributed by atoms with Gasteiger partial charge in [0.15, 0.2) is 11.6 Å². The van der Waals surface area contributed by atoms with Crippen LogP contribution < -0.4 is 20.1 Å². The van der Waals surface area contributed by atoms with Crippen molar-refractivity contribution in [2.75, 3.05) is 43.4 Å². The minimum absolute atomic E-state index is 0.0915. The van der Waals surface area contributed by atoms with Crippen molar-refractivity contribution in [2.45, 2.75) is 20.2 Å². The van der Waals surface area contributed by atoms with Crippen LogP contribution in [0, 0.1) is 11.6 Å². The SMILES string of the molecule is CCN(CC)CCOc1ccc(NC(=O)CNc2ccc(OC(F)(F)F)cc2[ClH+])cc1Cl. The number of likely N-dealkylation sites (N-methyl/N-ethyl adjacent to an activating group) is 1. The second kappa shape index (κ2) is 12.0. The third-order valence-electron chi connectivity index (χ3n) is 4.40. The number of nitrogens with one attached hydrogen (secondary N) is 2. The van der Waals surface area contributed by atoms with Gasteiger partial charge in [-0.25, -0.2) is 0 Å². The van der Waals surface area contributed by atoms with E-state index in [-0.39, 0.29) is 17.5 Å². The van der Waals surface area contributed by atoms with E-state index in [0.29, 0.717) is 28.8 Å². The number of halogens is 5. The molecule has 0 aliphatic heterocycles. The number of ether oxygens (including phenoxy) is 2. The largest absolute Gasteiger partial charge is 0.573 e. The first kappa shape index (κ1) is 25.9. The van der Waals surface area contributed by atoms with Gasteiger partial charge in [-0.15, -0.1) is 13.2 Å². The molecule has 0 radical (unpaired) electrons. The Hall–Kier alpha value is -2.36. The number of amides is 1. The van der Waals surface area contributed by atoms with Crippen LogP contribution >= 0.6 is 11.6 Å². The van der Waals surface area contributed by atoms with Crippen molar-refractivity contribution >= 4 is 28.9 Å². The van der Waals surface area contributed by atoms with E-state index in [1.165, 1.54) is 6.07 Å². The predicted octanol–water partition coefficient (Wildman–Crippen LogP) is 4.71. The summed E-state index contributed by atoms with van der Waals surface area (Å²) in [4.78, 5) is 14.4. The molecule has 6 nitrogen and oxygen atoms in total. The van der Waals surface area contributed by atoms with E-state index < -0.39 is 12.1 Å². The van der Waals surface area contributed by atoms with Gasteiger partial charge in [-0.3, -0.25) is 4.79 Å². The maximum Gasteiger partial charge on any atom is 0.573 e. The summed E-state index contributed by atoms with van der Waals surface area (Å²) in [6.45, 7) is 7.15. The van der Waals surface area contributed by atoms with E-state index in [1.54, 1.807) is 18.2 Å². The van der Waals surface area contributed by atoms with Crippen LogP contribution in [0.15, 0.2) is 36.4 Å². The van der Waals surface area contributed by atoms with Crippen LogP contribution in [0.25, 0.3) is 0 Å². The average Bonchev–Trinajstić information content (AvgIpc) is 2.71. The molecule has 0 atom stereocenters. The van der Waals surface area contributed by atoms with Crippen LogP contribution in [0.1, 0.15) is 13.8 Å². The Morgan fingerprint density at radius 3 is 2.47 bits per heavy atom. The number of nitrogens with zero attached hydrogens (tertiary/aromatic N) is 1. The zero-order chi connectivity index (χ0) is 23.7. The van der Waals surface area contributed by atoms with Crippen molar-refractivity contribution in [3.05, 3.63) is 46.4 Å². The number of rotatable bonds is 11. The zero-order valence-corrected chi connectivity index (χ0v) is 19.2. The lowest BCUT2D eigenvalue weighted by Gasteiger charge is -2.18. The van der Waals surface area contributed by atoms with Gasteiger partial charge in [0, 0.05) is 18.3 Å². The average molecular weight is 495 g/mol. The molecule has 0 saturated carbocycles. The maximum atomic E-state index is 12.3. The lowest BCUT2D eigenvalue weighted by Crippen LogP contribution is -2.27. The highest BCUT2D eigenvalue weighted by atomic mass is 35.5. The van der Waals surface area contributed by atoms with Crippen LogP contribution in [0.4, 0.5) is 24.5 Å². The van der Waals surface area contributed by atoms with Crippen molar-refractivity contribution in [1.82, 2.24) is 4.90 Å². The molecule has 0 unspecified atom stereocenters. The van der Waals surface area contributed by atoms with Crippen molar-refractivity contribution < 1.29 is 39.0 Å². The highest BCUT2D eigenvalue weighted by Crippen LogP contribution is 2.29. The third-order valence-corrected chi connectivity index (χ3v) is 5.03. The van der Waals surface area contributed by atoms with E-state index >= 15 is 0 Å². The molecular weight excluding hydrogens is 470 g/mol. The van der Waals surface area contributed by atoms with E-state index in [4.69, 9.17) is 27.9 Å². The highest BCUT2D eigenvalue weighted by Gasteiger charge is 2.31. The van der Waals surface area contributed by atoms with Gasteiger partial charge in [0.05, 0.1) is 11.6 Å². The van der Waals surface area contributed by atoms with Gasteiger partial charge in [0.25, 0.3) is 5.02 Å². The molecule has 2 aromatic rings. The van der Waals surface area contributed by atoms with Crippen molar-refractivity contribution in [3.63, 3.8) is 0 Å². The Morgan fingerprint density at radius 1 is 1.16 bits per heavy atom. The fourth-order valence-electron chi connectivity index (χ4n) is 2.75. The van der Waals surface area contributed by atoms with Crippen molar-refractivity contribution in [1.29, 1.82) is 0 Å². The molecule has 1 amide bonds. The maximum absolute atomic E-state index is 12.3. The molecule has 32 heavy (non-hydrogen) atoms. The molecule has 0 spiro atoms. The van der Waals surface area contributed by atoms with Gasteiger partial charge in [0.1, 0.15) is 23.8 Å². The molecule has 0 aromatic heterocycles. The molecule has 11 heteroatoms. The van der Waals surface area contributed by atoms with Gasteiger partial charge < -0.3 is 25.0 Å². The zero-order valence-electron chi connectivity index (χ0n) is 17.6. The molecule has 2 N–H and O–H groups in total. The smallest absolute Gasteiger partial charge is 0.491 e. The van der Waals surface area contributed by atoms with E-state index in [9.17, 15) is 18.0 Å². The quantitative estimate of drug-likeness (QED) is 0.473. The number of anilines is 2. The van der Waals surface area contributed by atoms with Crippen LogP contribution in [0.5, 0.6) is 11.5 Å². The summed E-state index contributed by atoms with van der Waals surface area (Å²) in [7, 11) is 0. The summed E-state index contributed by atoms with van der Waals surface area (Å²) in [6, 6.07) is 8.41. The van der Waals surface area contributed by atoms with Gasteiger partial charge in [-0.05, 0) is 43.4 Å². The van der Waals surface area contributed by atoms with Crippen LogP contribution in [0.2, 0.25) is 10.0 Å². The lowest BCUT2D eigenvalue weighted by atomic mass is 10.3. The molecule has 0 bridgehead atoms. The molecule has 0 saturated heterocycles. The lowest BCUT2D eigenvalue weighted by molar-refractivity contribution is -0.289. The molecule has 2 rings (SSSR count). The number of hydrogen-bond acceptors (Lipinski definition) is 5. The van der Waals surface area contributed by atoms with Gasteiger partial charge >= 0.3 is 6.36 Å². The first-order valence-electron chi connectivity index (χ1n) is 9.86. The molecular formula is C21H25Cl2F3N3O3+. The van der Waals surface area contributed by atoms with Crippen LogP contribution in [-0.2, 0) is 4.79 Å². The minimum atomic E-state index is -4.80. The molecule has 0 aliphatic rings. The minimum Gasteiger partial charge on any atom is -0.491 e. The fourth-order valence-corrected chi connectivity index (χ4v) is 3.24. The number of carbonyl (C=O) groups excluding carboxylic acids is 1. The second-order valence-electron chi connectivity index (χ2n) is 6.63. The molecule has 0 aliphatic carbocycles. The monoisotopic (exact) mass is 494 g/mol. The number of alkyl halides is 3.